The van der Waals surface area contributed by atoms with E-state index in [4.69, 9.17) is 9.15 Å². The zero-order valence-electron chi connectivity index (χ0n) is 16.7. The number of ether oxygens (including phenoxy) is 1. The van der Waals surface area contributed by atoms with Crippen molar-refractivity contribution in [2.24, 2.45) is 0 Å². The molecule has 1 aliphatic heterocycles. The van der Waals surface area contributed by atoms with Crippen LogP contribution in [0.1, 0.15) is 42.3 Å². The number of furan rings is 1. The second-order valence-electron chi connectivity index (χ2n) is 7.23. The molecule has 156 valence electrons. The number of carbonyl (C=O) groups excluding carboxylic acids is 2. The van der Waals surface area contributed by atoms with Crippen LogP contribution in [0.5, 0.6) is 0 Å². The molecule has 1 aromatic carbocycles. The molecule has 0 saturated carbocycles. The third-order valence-electron chi connectivity index (χ3n) is 4.91. The molecule has 2 amide bonds. The Morgan fingerprint density at radius 1 is 1.21 bits per heavy atom. The molecule has 0 radical (unpaired) electrons. The van der Waals surface area contributed by atoms with Gasteiger partial charge in [0.15, 0.2) is 0 Å². The highest BCUT2D eigenvalue weighted by Gasteiger charge is 2.26. The first-order chi connectivity index (χ1) is 14.1. The molecule has 0 N–H and O–H groups in total. The van der Waals surface area contributed by atoms with Crippen LogP contribution in [0.25, 0.3) is 0 Å². The van der Waals surface area contributed by atoms with Crippen LogP contribution in [-0.4, -0.2) is 54.0 Å². The summed E-state index contributed by atoms with van der Waals surface area (Å²) < 4.78 is 24.6. The largest absolute Gasteiger partial charge is 0.467 e. The smallest absolute Gasteiger partial charge is 0.254 e. The maximum Gasteiger partial charge on any atom is 0.254 e. The number of carbonyl (C=O) groups is 2. The van der Waals surface area contributed by atoms with Crippen LogP contribution in [0.2, 0.25) is 0 Å². The van der Waals surface area contributed by atoms with Crippen molar-refractivity contribution in [1.82, 2.24) is 9.80 Å². The first-order valence-corrected chi connectivity index (χ1v) is 10.0. The fourth-order valence-electron chi connectivity index (χ4n) is 3.47. The summed E-state index contributed by atoms with van der Waals surface area (Å²) in [6, 6.07) is 9.14. The van der Waals surface area contributed by atoms with E-state index >= 15 is 0 Å². The Labute approximate surface area is 170 Å². The van der Waals surface area contributed by atoms with Gasteiger partial charge in [0.1, 0.15) is 18.1 Å². The number of hydrogen-bond donors (Lipinski definition) is 0. The lowest BCUT2D eigenvalue weighted by Gasteiger charge is -2.28. The number of amides is 2. The average Bonchev–Trinajstić information content (AvgIpc) is 3.41. The summed E-state index contributed by atoms with van der Waals surface area (Å²) in [6.45, 7) is 3.75. The fourth-order valence-corrected chi connectivity index (χ4v) is 3.47. The van der Waals surface area contributed by atoms with E-state index < -0.39 is 5.82 Å². The normalized spacial score (nSPS) is 16.0. The first kappa shape index (κ1) is 21.0. The van der Waals surface area contributed by atoms with E-state index in [2.05, 4.69) is 0 Å². The minimum atomic E-state index is -0.476. The Morgan fingerprint density at radius 3 is 2.72 bits per heavy atom. The molecule has 2 heterocycles. The highest BCUT2D eigenvalue weighted by Crippen LogP contribution is 2.16. The molecule has 1 fully saturated rings. The van der Waals surface area contributed by atoms with E-state index in [1.807, 2.05) is 13.0 Å². The van der Waals surface area contributed by atoms with E-state index in [9.17, 15) is 14.0 Å². The van der Waals surface area contributed by atoms with Crippen molar-refractivity contribution in [3.05, 3.63) is 59.8 Å². The lowest BCUT2D eigenvalue weighted by molar-refractivity contribution is -0.134. The van der Waals surface area contributed by atoms with Crippen LogP contribution in [0.15, 0.2) is 47.1 Å². The maximum atomic E-state index is 13.5. The monoisotopic (exact) mass is 402 g/mol. The minimum absolute atomic E-state index is 0.00698. The summed E-state index contributed by atoms with van der Waals surface area (Å²) in [6.07, 6.45) is 4.14. The van der Waals surface area contributed by atoms with Gasteiger partial charge in [0, 0.05) is 25.3 Å². The molecule has 0 unspecified atom stereocenters. The van der Waals surface area contributed by atoms with Gasteiger partial charge in [0.05, 0.1) is 18.9 Å². The summed E-state index contributed by atoms with van der Waals surface area (Å²) in [7, 11) is 0. The zero-order chi connectivity index (χ0) is 20.6. The molecule has 7 heteroatoms. The summed E-state index contributed by atoms with van der Waals surface area (Å²) in [4.78, 5) is 29.1. The van der Waals surface area contributed by atoms with Gasteiger partial charge in [-0.05, 0) is 49.6 Å². The number of nitrogens with zero attached hydrogens (tertiary/aromatic N) is 2. The van der Waals surface area contributed by atoms with Crippen molar-refractivity contribution in [3.8, 4) is 0 Å². The van der Waals surface area contributed by atoms with Gasteiger partial charge in [0.25, 0.3) is 5.91 Å². The number of rotatable bonds is 9. The molecule has 1 atom stereocenters. The SMILES string of the molecule is CCCN(CC(=O)N(Cc1ccco1)C[C@@H]1CCCO1)C(=O)c1cccc(F)c1. The van der Waals surface area contributed by atoms with Crippen molar-refractivity contribution < 1.29 is 23.1 Å². The Hall–Kier alpha value is -2.67. The average molecular weight is 402 g/mol. The Balaban J connectivity index is 1.72. The molecule has 0 aliphatic carbocycles. The van der Waals surface area contributed by atoms with Gasteiger partial charge in [-0.1, -0.05) is 13.0 Å². The predicted octanol–water partition coefficient (Wildman–Crippen LogP) is 3.48. The van der Waals surface area contributed by atoms with Crippen molar-refractivity contribution in [3.63, 3.8) is 0 Å². The van der Waals surface area contributed by atoms with E-state index in [-0.39, 0.29) is 30.0 Å². The highest BCUT2D eigenvalue weighted by atomic mass is 19.1. The molecule has 6 nitrogen and oxygen atoms in total. The summed E-state index contributed by atoms with van der Waals surface area (Å²) in [5.41, 5.74) is 0.239. The molecule has 1 saturated heterocycles. The molecule has 29 heavy (non-hydrogen) atoms. The van der Waals surface area contributed by atoms with Gasteiger partial charge in [-0.3, -0.25) is 9.59 Å². The maximum absolute atomic E-state index is 13.5. The Kier molecular flexibility index (Phi) is 7.41. The van der Waals surface area contributed by atoms with Crippen LogP contribution in [0.3, 0.4) is 0 Å². The van der Waals surface area contributed by atoms with Gasteiger partial charge in [-0.15, -0.1) is 0 Å². The summed E-state index contributed by atoms with van der Waals surface area (Å²) in [5, 5.41) is 0. The molecular weight excluding hydrogens is 375 g/mol. The van der Waals surface area contributed by atoms with E-state index in [0.717, 1.165) is 12.8 Å². The third-order valence-corrected chi connectivity index (χ3v) is 4.91. The van der Waals surface area contributed by atoms with E-state index in [0.29, 0.717) is 38.4 Å². The number of benzene rings is 1. The van der Waals surface area contributed by atoms with Gasteiger partial charge >= 0.3 is 0 Å². The number of hydrogen-bond acceptors (Lipinski definition) is 4. The Morgan fingerprint density at radius 2 is 2.07 bits per heavy atom. The summed E-state index contributed by atoms with van der Waals surface area (Å²) in [5.74, 6) is -0.337. The van der Waals surface area contributed by atoms with Crippen molar-refractivity contribution >= 4 is 11.8 Å². The second kappa shape index (κ2) is 10.2. The highest BCUT2D eigenvalue weighted by molar-refractivity contribution is 5.96. The van der Waals surface area contributed by atoms with Gasteiger partial charge in [-0.2, -0.15) is 0 Å². The molecule has 3 rings (SSSR count). The van der Waals surface area contributed by atoms with Crippen LogP contribution >= 0.6 is 0 Å². The van der Waals surface area contributed by atoms with Crippen LogP contribution in [0, 0.1) is 5.82 Å². The van der Waals surface area contributed by atoms with Crippen LogP contribution in [0.4, 0.5) is 4.39 Å². The van der Waals surface area contributed by atoms with Crippen molar-refractivity contribution in [1.29, 1.82) is 0 Å². The van der Waals surface area contributed by atoms with Crippen LogP contribution in [-0.2, 0) is 16.1 Å². The molecule has 0 bridgehead atoms. The number of halogens is 1. The Bertz CT molecular complexity index is 803. The quantitative estimate of drug-likeness (QED) is 0.644. The van der Waals surface area contributed by atoms with Gasteiger partial charge in [-0.25, -0.2) is 4.39 Å². The molecule has 1 aromatic heterocycles. The van der Waals surface area contributed by atoms with Crippen molar-refractivity contribution in [2.45, 2.75) is 38.8 Å². The van der Waals surface area contributed by atoms with Crippen molar-refractivity contribution in [2.75, 3.05) is 26.2 Å². The lowest BCUT2D eigenvalue weighted by atomic mass is 10.2. The zero-order valence-corrected chi connectivity index (χ0v) is 16.7. The van der Waals surface area contributed by atoms with E-state index in [1.165, 1.54) is 23.1 Å². The minimum Gasteiger partial charge on any atom is -0.467 e. The molecule has 1 aliphatic rings. The van der Waals surface area contributed by atoms with E-state index in [1.54, 1.807) is 23.3 Å². The predicted molar refractivity (Wildman–Crippen MR) is 106 cm³/mol. The topological polar surface area (TPSA) is 63.0 Å². The lowest BCUT2D eigenvalue weighted by Crippen LogP contribution is -2.45. The van der Waals surface area contributed by atoms with Crippen LogP contribution < -0.4 is 0 Å². The molecule has 0 spiro atoms. The third kappa shape index (κ3) is 5.90. The standard InChI is InChI=1S/C22H27FN2O4/c1-2-10-24(22(27)17-6-3-7-18(23)13-17)16-21(26)25(14-19-8-4-11-28-19)15-20-9-5-12-29-20/h3-4,6-8,11,13,20H,2,5,9-10,12,14-16H2,1H3/t20-/m0/s1. The van der Waals surface area contributed by atoms with Gasteiger partial charge < -0.3 is 19.0 Å². The molecule has 2 aromatic rings. The second-order valence-corrected chi connectivity index (χ2v) is 7.23. The van der Waals surface area contributed by atoms with Gasteiger partial charge in [0.2, 0.25) is 5.91 Å². The molecular formula is C22H27FN2O4. The first-order valence-electron chi connectivity index (χ1n) is 10.0. The fraction of sp³-hybridized carbons (Fsp3) is 0.455. The summed E-state index contributed by atoms with van der Waals surface area (Å²) >= 11 is 0.